The third-order valence-corrected chi connectivity index (χ3v) is 4.61. The van der Waals surface area contributed by atoms with Crippen LogP contribution < -0.4 is 9.64 Å². The van der Waals surface area contributed by atoms with Crippen molar-refractivity contribution in [3.8, 4) is 11.6 Å². The number of amides is 1. The molecule has 0 unspecified atom stereocenters. The Morgan fingerprint density at radius 2 is 2.15 bits per heavy atom. The van der Waals surface area contributed by atoms with Gasteiger partial charge in [0.05, 0.1) is 5.02 Å². The van der Waals surface area contributed by atoms with Gasteiger partial charge in [-0.05, 0) is 25.1 Å². The first kappa shape index (κ1) is 18.4. The fraction of sp³-hybridized carbons (Fsp3) is 0.389. The monoisotopic (exact) mass is 378 g/mol. The van der Waals surface area contributed by atoms with Crippen LogP contribution in [0, 0.1) is 5.82 Å². The van der Waals surface area contributed by atoms with Crippen LogP contribution in [-0.2, 0) is 4.79 Å². The van der Waals surface area contributed by atoms with E-state index in [1.165, 1.54) is 24.5 Å². The van der Waals surface area contributed by atoms with Crippen LogP contribution in [0.2, 0.25) is 5.02 Å². The van der Waals surface area contributed by atoms with Gasteiger partial charge in [-0.1, -0.05) is 18.5 Å². The van der Waals surface area contributed by atoms with Crippen LogP contribution in [0.25, 0.3) is 0 Å². The number of rotatable bonds is 4. The Hall–Kier alpha value is -2.41. The molecule has 1 amide bonds. The van der Waals surface area contributed by atoms with E-state index in [1.54, 1.807) is 6.07 Å². The van der Waals surface area contributed by atoms with Crippen LogP contribution in [0.4, 0.5) is 10.2 Å². The smallest absolute Gasteiger partial charge is 0.224 e. The van der Waals surface area contributed by atoms with Crippen LogP contribution in [-0.4, -0.2) is 46.5 Å². The second kappa shape index (κ2) is 7.86. The Bertz CT molecular complexity index is 805. The molecule has 0 N–H and O–H groups in total. The third-order valence-electron chi connectivity index (χ3n) is 4.31. The first-order chi connectivity index (χ1) is 12.5. The zero-order valence-corrected chi connectivity index (χ0v) is 15.4. The molecule has 0 saturated carbocycles. The van der Waals surface area contributed by atoms with Gasteiger partial charge in [0.25, 0.3) is 0 Å². The molecule has 0 aliphatic carbocycles. The van der Waals surface area contributed by atoms with Crippen molar-refractivity contribution in [3.05, 3.63) is 41.4 Å². The number of carbonyl (C=O) groups is 1. The zero-order chi connectivity index (χ0) is 18.7. The molecule has 6 nitrogen and oxygen atoms in total. The summed E-state index contributed by atoms with van der Waals surface area (Å²) >= 11 is 5.99. The lowest BCUT2D eigenvalue weighted by molar-refractivity contribution is -0.133. The van der Waals surface area contributed by atoms with Crippen LogP contribution in [0.5, 0.6) is 11.6 Å². The number of nitrogens with zero attached hydrogens (tertiary/aromatic N) is 4. The van der Waals surface area contributed by atoms with Crippen molar-refractivity contribution in [2.45, 2.75) is 26.3 Å². The molecule has 1 aliphatic heterocycles. The molecule has 1 atom stereocenters. The van der Waals surface area contributed by atoms with Crippen molar-refractivity contribution in [2.24, 2.45) is 0 Å². The van der Waals surface area contributed by atoms with Crippen LogP contribution >= 0.6 is 11.6 Å². The van der Waals surface area contributed by atoms with E-state index in [0.29, 0.717) is 43.5 Å². The average molecular weight is 379 g/mol. The fourth-order valence-electron chi connectivity index (χ4n) is 2.97. The number of aromatic nitrogens is 2. The summed E-state index contributed by atoms with van der Waals surface area (Å²) in [4.78, 5) is 24.3. The maximum Gasteiger partial charge on any atom is 0.224 e. The van der Waals surface area contributed by atoms with E-state index >= 15 is 0 Å². The fourth-order valence-corrected chi connectivity index (χ4v) is 3.17. The first-order valence-corrected chi connectivity index (χ1v) is 8.85. The van der Waals surface area contributed by atoms with Crippen molar-refractivity contribution in [2.75, 3.05) is 24.5 Å². The van der Waals surface area contributed by atoms with Gasteiger partial charge < -0.3 is 14.5 Å². The standard InChI is InChI=1S/C18H20ClFN4O2/c1-3-18(25)24-7-6-23(10-12(24)2)16-9-17(22-11-21-16)26-15-5-4-13(20)8-14(15)19/h4-5,8-9,11-12H,3,6-7,10H2,1-2H3/t12-/m0/s1. The highest BCUT2D eigenvalue weighted by Crippen LogP contribution is 2.30. The largest absolute Gasteiger partial charge is 0.437 e. The number of benzene rings is 1. The average Bonchev–Trinajstić information content (AvgIpc) is 2.63. The van der Waals surface area contributed by atoms with Crippen molar-refractivity contribution >= 4 is 23.3 Å². The van der Waals surface area contributed by atoms with E-state index in [4.69, 9.17) is 16.3 Å². The Kier molecular flexibility index (Phi) is 5.56. The predicted octanol–water partition coefficient (Wildman–Crippen LogP) is 3.51. The lowest BCUT2D eigenvalue weighted by Crippen LogP contribution is -2.54. The van der Waals surface area contributed by atoms with Crippen LogP contribution in [0.15, 0.2) is 30.6 Å². The number of carbonyl (C=O) groups excluding carboxylic acids is 1. The van der Waals surface area contributed by atoms with Crippen molar-refractivity contribution in [1.29, 1.82) is 0 Å². The molecule has 138 valence electrons. The summed E-state index contributed by atoms with van der Waals surface area (Å²) in [7, 11) is 0. The van der Waals surface area contributed by atoms with E-state index in [0.717, 1.165) is 0 Å². The van der Waals surface area contributed by atoms with E-state index in [1.807, 2.05) is 18.7 Å². The van der Waals surface area contributed by atoms with Crippen LogP contribution in [0.3, 0.4) is 0 Å². The van der Waals surface area contributed by atoms with E-state index in [2.05, 4.69) is 14.9 Å². The number of hydrogen-bond donors (Lipinski definition) is 0. The molecule has 1 aromatic carbocycles. The summed E-state index contributed by atoms with van der Waals surface area (Å²) in [6.07, 6.45) is 1.92. The Balaban J connectivity index is 1.72. The predicted molar refractivity (Wildman–Crippen MR) is 97.2 cm³/mol. The number of anilines is 1. The molecule has 1 aliphatic rings. The molecule has 1 fully saturated rings. The van der Waals surface area contributed by atoms with Gasteiger partial charge in [0.1, 0.15) is 23.7 Å². The zero-order valence-electron chi connectivity index (χ0n) is 14.7. The highest BCUT2D eigenvalue weighted by molar-refractivity contribution is 6.32. The van der Waals surface area contributed by atoms with Crippen LogP contribution in [0.1, 0.15) is 20.3 Å². The second-order valence-electron chi connectivity index (χ2n) is 6.13. The number of halogens is 2. The van der Waals surface area contributed by atoms with Gasteiger partial charge in [-0.3, -0.25) is 4.79 Å². The lowest BCUT2D eigenvalue weighted by Gasteiger charge is -2.40. The topological polar surface area (TPSA) is 58.6 Å². The summed E-state index contributed by atoms with van der Waals surface area (Å²) < 4.78 is 18.8. The van der Waals surface area contributed by atoms with Gasteiger partial charge in [-0.25, -0.2) is 14.4 Å². The summed E-state index contributed by atoms with van der Waals surface area (Å²) in [6, 6.07) is 5.72. The quantitative estimate of drug-likeness (QED) is 0.814. The molecule has 8 heteroatoms. The third kappa shape index (κ3) is 4.04. The minimum Gasteiger partial charge on any atom is -0.437 e. The maximum atomic E-state index is 13.1. The van der Waals surface area contributed by atoms with Gasteiger partial charge in [-0.15, -0.1) is 0 Å². The van der Waals surface area contributed by atoms with E-state index in [-0.39, 0.29) is 17.0 Å². The number of piperazine rings is 1. The molecular weight excluding hydrogens is 359 g/mol. The van der Waals surface area contributed by atoms with Crippen molar-refractivity contribution < 1.29 is 13.9 Å². The summed E-state index contributed by atoms with van der Waals surface area (Å²) in [5, 5.41) is 0.172. The molecule has 0 radical (unpaired) electrons. The molecule has 2 aromatic rings. The molecule has 26 heavy (non-hydrogen) atoms. The second-order valence-corrected chi connectivity index (χ2v) is 6.53. The highest BCUT2D eigenvalue weighted by Gasteiger charge is 2.27. The Labute approximate surface area is 156 Å². The van der Waals surface area contributed by atoms with Gasteiger partial charge in [0, 0.05) is 38.2 Å². The van der Waals surface area contributed by atoms with Gasteiger partial charge >= 0.3 is 0 Å². The van der Waals surface area contributed by atoms with Gasteiger partial charge in [0.2, 0.25) is 11.8 Å². The SMILES string of the molecule is CCC(=O)N1CCN(c2cc(Oc3ccc(F)cc3Cl)ncn2)C[C@@H]1C. The summed E-state index contributed by atoms with van der Waals surface area (Å²) in [6.45, 7) is 5.91. The minimum atomic E-state index is -0.431. The van der Waals surface area contributed by atoms with Gasteiger partial charge in [-0.2, -0.15) is 0 Å². The summed E-state index contributed by atoms with van der Waals surface area (Å²) in [5.41, 5.74) is 0. The first-order valence-electron chi connectivity index (χ1n) is 8.47. The Morgan fingerprint density at radius 1 is 1.35 bits per heavy atom. The Morgan fingerprint density at radius 3 is 2.85 bits per heavy atom. The number of ether oxygens (including phenoxy) is 1. The molecular formula is C18H20ClFN4O2. The number of hydrogen-bond acceptors (Lipinski definition) is 5. The molecule has 3 rings (SSSR count). The van der Waals surface area contributed by atoms with Crippen molar-refractivity contribution in [3.63, 3.8) is 0 Å². The minimum absolute atomic E-state index is 0.0991. The molecule has 1 saturated heterocycles. The molecule has 1 aromatic heterocycles. The molecule has 0 bridgehead atoms. The van der Waals surface area contributed by atoms with Crippen molar-refractivity contribution in [1.82, 2.24) is 14.9 Å². The summed E-state index contributed by atoms with van der Waals surface area (Å²) in [5.74, 6) is 1.09. The molecule has 0 spiro atoms. The van der Waals surface area contributed by atoms with Gasteiger partial charge in [0.15, 0.2) is 0 Å². The lowest BCUT2D eigenvalue weighted by atomic mass is 10.1. The molecule has 2 heterocycles. The normalized spacial score (nSPS) is 17.3. The van der Waals surface area contributed by atoms with E-state index in [9.17, 15) is 9.18 Å². The highest BCUT2D eigenvalue weighted by atomic mass is 35.5. The van der Waals surface area contributed by atoms with E-state index < -0.39 is 5.82 Å². The maximum absolute atomic E-state index is 13.1.